The van der Waals surface area contributed by atoms with Crippen molar-refractivity contribution in [2.75, 3.05) is 0 Å². The van der Waals surface area contributed by atoms with E-state index in [1.165, 1.54) is 0 Å². The molecule has 3 rings (SSSR count). The molecule has 0 bridgehead atoms. The Morgan fingerprint density at radius 3 is 2.44 bits per heavy atom. The van der Waals surface area contributed by atoms with Crippen LogP contribution in [0.5, 0.6) is 0 Å². The van der Waals surface area contributed by atoms with Gasteiger partial charge in [0.1, 0.15) is 11.6 Å². The fourth-order valence-corrected chi connectivity index (χ4v) is 4.97. The Labute approximate surface area is 96.8 Å². The first-order chi connectivity index (χ1) is 7.37. The smallest absolute Gasteiger partial charge is 0.136 e. The third-order valence-corrected chi connectivity index (χ3v) is 5.52. The monoisotopic (exact) mass is 220 g/mol. The summed E-state index contributed by atoms with van der Waals surface area (Å²) in [4.78, 5) is 24.0. The van der Waals surface area contributed by atoms with Crippen LogP contribution in [0.1, 0.15) is 46.5 Å². The zero-order chi connectivity index (χ0) is 11.7. The van der Waals surface area contributed by atoms with Crippen LogP contribution in [-0.2, 0) is 9.59 Å². The minimum Gasteiger partial charge on any atom is -0.299 e. The molecule has 3 fully saturated rings. The van der Waals surface area contributed by atoms with Gasteiger partial charge < -0.3 is 0 Å². The molecule has 0 aromatic carbocycles. The molecule has 4 atom stereocenters. The summed E-state index contributed by atoms with van der Waals surface area (Å²) in [5.74, 6) is 1.52. The highest BCUT2D eigenvalue weighted by Crippen LogP contribution is 2.68. The van der Waals surface area contributed by atoms with Crippen LogP contribution in [0.2, 0.25) is 0 Å². The molecule has 3 aliphatic rings. The summed E-state index contributed by atoms with van der Waals surface area (Å²) in [7, 11) is 0. The summed E-state index contributed by atoms with van der Waals surface area (Å²) in [6.45, 7) is 6.56. The molecule has 3 saturated carbocycles. The molecule has 2 heteroatoms. The van der Waals surface area contributed by atoms with Crippen LogP contribution in [0, 0.1) is 28.6 Å². The average Bonchev–Trinajstić information content (AvgIpc) is 2.66. The maximum Gasteiger partial charge on any atom is 0.136 e. The normalized spacial score (nSPS) is 49.6. The lowest BCUT2D eigenvalue weighted by Crippen LogP contribution is -2.32. The van der Waals surface area contributed by atoms with E-state index >= 15 is 0 Å². The third kappa shape index (κ3) is 1.03. The first kappa shape index (κ1) is 10.5. The highest BCUT2D eigenvalue weighted by Gasteiger charge is 2.67. The van der Waals surface area contributed by atoms with Crippen LogP contribution >= 0.6 is 0 Å². The minimum absolute atomic E-state index is 0.0532. The van der Waals surface area contributed by atoms with Gasteiger partial charge in [0.15, 0.2) is 0 Å². The lowest BCUT2D eigenvalue weighted by molar-refractivity contribution is -0.125. The van der Waals surface area contributed by atoms with E-state index in [4.69, 9.17) is 0 Å². The van der Waals surface area contributed by atoms with Crippen molar-refractivity contribution in [2.45, 2.75) is 46.5 Å². The van der Waals surface area contributed by atoms with Crippen LogP contribution in [0.25, 0.3) is 0 Å². The number of rotatable bonds is 0. The Kier molecular flexibility index (Phi) is 1.82. The summed E-state index contributed by atoms with van der Waals surface area (Å²) in [5, 5.41) is 0. The van der Waals surface area contributed by atoms with E-state index in [1.807, 2.05) is 0 Å². The molecule has 0 heterocycles. The molecule has 0 N–H and O–H groups in total. The molecule has 0 radical (unpaired) electrons. The van der Waals surface area contributed by atoms with Crippen LogP contribution < -0.4 is 0 Å². The first-order valence-corrected chi connectivity index (χ1v) is 6.42. The molecule has 0 amide bonds. The number of carbonyl (C=O) groups excluding carboxylic acids is 2. The van der Waals surface area contributed by atoms with Crippen LogP contribution in [0.15, 0.2) is 0 Å². The first-order valence-electron chi connectivity index (χ1n) is 6.42. The Hall–Kier alpha value is -0.660. The summed E-state index contributed by atoms with van der Waals surface area (Å²) in [6, 6.07) is 0. The lowest BCUT2D eigenvalue weighted by atomic mass is 9.69. The number of hydrogen-bond acceptors (Lipinski definition) is 2. The van der Waals surface area contributed by atoms with Gasteiger partial charge in [0.05, 0.1) is 0 Å². The van der Waals surface area contributed by atoms with Crippen molar-refractivity contribution in [3.8, 4) is 0 Å². The van der Waals surface area contributed by atoms with Crippen molar-refractivity contribution >= 4 is 11.6 Å². The van der Waals surface area contributed by atoms with Gasteiger partial charge in [0.2, 0.25) is 0 Å². The van der Waals surface area contributed by atoms with Gasteiger partial charge in [0.25, 0.3) is 0 Å². The van der Waals surface area contributed by atoms with E-state index in [2.05, 4.69) is 20.8 Å². The molecule has 2 nitrogen and oxygen atoms in total. The number of Topliss-reactive ketones (excluding diaryl/α,β-unsaturated/α-hetero) is 2. The second kappa shape index (κ2) is 2.77. The fraction of sp³-hybridized carbons (Fsp3) is 0.857. The van der Waals surface area contributed by atoms with Gasteiger partial charge in [-0.25, -0.2) is 0 Å². The van der Waals surface area contributed by atoms with Gasteiger partial charge in [-0.2, -0.15) is 0 Å². The standard InChI is InChI=1S/C14H20O2/c1-8-11(15)4-9-5-12(16)10-6-13(2,3)7-14(8,9)10/h8-10H,4-7H2,1-3H3/t8?,9-,10-,14-/m0/s1. The van der Waals surface area contributed by atoms with Crippen molar-refractivity contribution in [2.24, 2.45) is 28.6 Å². The summed E-state index contributed by atoms with van der Waals surface area (Å²) < 4.78 is 0. The molecular weight excluding hydrogens is 200 g/mol. The number of carbonyl (C=O) groups is 2. The van der Waals surface area contributed by atoms with Crippen LogP contribution in [0.3, 0.4) is 0 Å². The third-order valence-electron chi connectivity index (χ3n) is 5.52. The van der Waals surface area contributed by atoms with E-state index in [1.54, 1.807) is 0 Å². The van der Waals surface area contributed by atoms with E-state index in [0.29, 0.717) is 30.3 Å². The average molecular weight is 220 g/mol. The van der Waals surface area contributed by atoms with Crippen LogP contribution in [-0.4, -0.2) is 11.6 Å². The number of ketones is 2. The Bertz CT molecular complexity index is 380. The summed E-state index contributed by atoms with van der Waals surface area (Å²) >= 11 is 0. The van der Waals surface area contributed by atoms with Gasteiger partial charge in [-0.1, -0.05) is 20.8 Å². The topological polar surface area (TPSA) is 34.1 Å². The van der Waals surface area contributed by atoms with Gasteiger partial charge in [-0.3, -0.25) is 9.59 Å². The van der Waals surface area contributed by atoms with Gasteiger partial charge in [0, 0.05) is 24.7 Å². The molecule has 0 saturated heterocycles. The Morgan fingerprint density at radius 1 is 1.12 bits per heavy atom. The maximum absolute atomic E-state index is 12.1. The van der Waals surface area contributed by atoms with E-state index in [-0.39, 0.29) is 22.7 Å². The maximum atomic E-state index is 12.1. The van der Waals surface area contributed by atoms with E-state index in [0.717, 1.165) is 12.8 Å². The van der Waals surface area contributed by atoms with Crippen molar-refractivity contribution < 1.29 is 9.59 Å². The van der Waals surface area contributed by atoms with Crippen molar-refractivity contribution in [1.29, 1.82) is 0 Å². The molecule has 0 aromatic heterocycles. The van der Waals surface area contributed by atoms with Gasteiger partial charge in [-0.05, 0) is 29.6 Å². The Balaban J connectivity index is 2.09. The van der Waals surface area contributed by atoms with Crippen molar-refractivity contribution in [3.05, 3.63) is 0 Å². The van der Waals surface area contributed by atoms with E-state index < -0.39 is 0 Å². The largest absolute Gasteiger partial charge is 0.299 e. The Morgan fingerprint density at radius 2 is 1.75 bits per heavy atom. The molecule has 1 unspecified atom stereocenters. The summed E-state index contributed by atoms with van der Waals surface area (Å²) in [6.07, 6.45) is 3.42. The zero-order valence-electron chi connectivity index (χ0n) is 10.4. The molecular formula is C14H20O2. The van der Waals surface area contributed by atoms with E-state index in [9.17, 15) is 9.59 Å². The molecule has 88 valence electrons. The van der Waals surface area contributed by atoms with Crippen molar-refractivity contribution in [3.63, 3.8) is 0 Å². The molecule has 1 spiro atoms. The van der Waals surface area contributed by atoms with Crippen LogP contribution in [0.4, 0.5) is 0 Å². The highest BCUT2D eigenvalue weighted by molar-refractivity contribution is 5.93. The zero-order valence-corrected chi connectivity index (χ0v) is 10.4. The van der Waals surface area contributed by atoms with Gasteiger partial charge in [-0.15, -0.1) is 0 Å². The molecule has 16 heavy (non-hydrogen) atoms. The number of hydrogen-bond donors (Lipinski definition) is 0. The predicted molar refractivity (Wildman–Crippen MR) is 60.8 cm³/mol. The second-order valence-electron chi connectivity index (χ2n) is 6.97. The molecule has 0 aromatic rings. The van der Waals surface area contributed by atoms with Gasteiger partial charge >= 0.3 is 0 Å². The highest BCUT2D eigenvalue weighted by atomic mass is 16.1. The predicted octanol–water partition coefficient (Wildman–Crippen LogP) is 2.61. The summed E-state index contributed by atoms with van der Waals surface area (Å²) in [5.41, 5.74) is 0.301. The molecule has 3 aliphatic carbocycles. The lowest BCUT2D eigenvalue weighted by Gasteiger charge is -2.33. The minimum atomic E-state index is 0.0532. The quantitative estimate of drug-likeness (QED) is 0.629. The fourth-order valence-electron chi connectivity index (χ4n) is 4.97. The second-order valence-corrected chi connectivity index (χ2v) is 6.97. The van der Waals surface area contributed by atoms with Crippen molar-refractivity contribution in [1.82, 2.24) is 0 Å². The molecule has 0 aliphatic heterocycles. The SMILES string of the molecule is CC1C(=O)C[C@H]2CC(=O)[C@@H]3CC(C)(C)C[C@]123.